The van der Waals surface area contributed by atoms with E-state index in [0.717, 1.165) is 10.5 Å². The average Bonchev–Trinajstić information content (AvgIpc) is 2.45. The maximum absolute atomic E-state index is 12.2. The molecule has 0 aliphatic heterocycles. The molecule has 1 unspecified atom stereocenters. The maximum atomic E-state index is 12.2. The zero-order valence-corrected chi connectivity index (χ0v) is 12.4. The van der Waals surface area contributed by atoms with E-state index in [1.165, 1.54) is 7.05 Å². The Balaban J connectivity index is 2.53. The van der Waals surface area contributed by atoms with Gasteiger partial charge in [-0.2, -0.15) is 13.2 Å². The number of aliphatic hydroxyl groups is 1. The number of urea groups is 1. The fourth-order valence-corrected chi connectivity index (χ4v) is 1.57. The van der Waals surface area contributed by atoms with E-state index in [1.807, 2.05) is 6.92 Å². The summed E-state index contributed by atoms with van der Waals surface area (Å²) >= 11 is 0. The molecule has 2 amide bonds. The Morgan fingerprint density at radius 1 is 1.36 bits per heavy atom. The molecule has 0 heterocycles. The van der Waals surface area contributed by atoms with Crippen LogP contribution in [0.1, 0.15) is 12.5 Å². The second-order valence-electron chi connectivity index (χ2n) is 4.70. The molecule has 0 spiro atoms. The van der Waals surface area contributed by atoms with Crippen molar-refractivity contribution in [1.82, 2.24) is 4.90 Å². The zero-order chi connectivity index (χ0) is 16.8. The summed E-state index contributed by atoms with van der Waals surface area (Å²) in [6, 6.07) is 6.01. The summed E-state index contributed by atoms with van der Waals surface area (Å²) in [6.07, 6.45) is -7.33. The van der Waals surface area contributed by atoms with Crippen LogP contribution < -0.4 is 5.32 Å². The molecular weight excluding hydrogens is 301 g/mol. The van der Waals surface area contributed by atoms with Crippen LogP contribution in [-0.2, 0) is 11.3 Å². The summed E-state index contributed by atoms with van der Waals surface area (Å²) in [5, 5.41) is 11.4. The van der Waals surface area contributed by atoms with E-state index in [2.05, 4.69) is 5.32 Å². The summed E-state index contributed by atoms with van der Waals surface area (Å²) < 4.78 is 41.9. The van der Waals surface area contributed by atoms with Crippen LogP contribution in [0.25, 0.3) is 0 Å². The fraction of sp³-hybridized carbons (Fsp3) is 0.500. The average molecular weight is 320 g/mol. The summed E-state index contributed by atoms with van der Waals surface area (Å²) in [7, 11) is 1.17. The van der Waals surface area contributed by atoms with Crippen LogP contribution in [0.2, 0.25) is 0 Å². The van der Waals surface area contributed by atoms with Gasteiger partial charge in [-0.3, -0.25) is 0 Å². The summed E-state index contributed by atoms with van der Waals surface area (Å²) in [5.41, 5.74) is 1.36. The number of amides is 2. The lowest BCUT2D eigenvalue weighted by molar-refractivity contribution is -0.205. The van der Waals surface area contributed by atoms with Crippen LogP contribution in [0.3, 0.4) is 0 Å². The van der Waals surface area contributed by atoms with Gasteiger partial charge in [0.15, 0.2) is 6.10 Å². The van der Waals surface area contributed by atoms with E-state index in [0.29, 0.717) is 18.9 Å². The van der Waals surface area contributed by atoms with E-state index in [-0.39, 0.29) is 0 Å². The first-order valence-corrected chi connectivity index (χ1v) is 6.67. The first-order chi connectivity index (χ1) is 10.2. The normalized spacial score (nSPS) is 12.8. The standard InChI is InChI=1S/C14H19F3N2O3/c1-3-22-9-10-4-6-11(7-5-10)18-13(21)19(2)8-12(20)14(15,16)17/h4-7,12,20H,3,8-9H2,1-2H3,(H,18,21). The van der Waals surface area contributed by atoms with Crippen LogP contribution in [0, 0.1) is 0 Å². The first-order valence-electron chi connectivity index (χ1n) is 6.67. The van der Waals surface area contributed by atoms with Gasteiger partial charge in [-0.05, 0) is 24.6 Å². The van der Waals surface area contributed by atoms with Gasteiger partial charge < -0.3 is 20.1 Å². The molecule has 5 nitrogen and oxygen atoms in total. The first kappa shape index (κ1) is 18.2. The third kappa shape index (κ3) is 5.90. The van der Waals surface area contributed by atoms with E-state index in [1.54, 1.807) is 24.3 Å². The van der Waals surface area contributed by atoms with E-state index in [9.17, 15) is 18.0 Å². The van der Waals surface area contributed by atoms with Crippen molar-refractivity contribution in [2.24, 2.45) is 0 Å². The number of carbonyl (C=O) groups is 1. The van der Waals surface area contributed by atoms with E-state index >= 15 is 0 Å². The molecule has 1 aromatic rings. The molecule has 2 N–H and O–H groups in total. The van der Waals surface area contributed by atoms with Gasteiger partial charge in [0.2, 0.25) is 0 Å². The number of halogens is 3. The lowest BCUT2D eigenvalue weighted by Crippen LogP contribution is -2.43. The maximum Gasteiger partial charge on any atom is 0.416 e. The Morgan fingerprint density at radius 3 is 2.45 bits per heavy atom. The number of aliphatic hydroxyl groups excluding tert-OH is 1. The molecular formula is C14H19F3N2O3. The largest absolute Gasteiger partial charge is 0.416 e. The number of ether oxygens (including phenoxy) is 1. The number of likely N-dealkylation sites (N-methyl/N-ethyl adjacent to an activating group) is 1. The minimum Gasteiger partial charge on any atom is -0.382 e. The second kappa shape index (κ2) is 8.00. The number of benzene rings is 1. The molecule has 0 aliphatic rings. The lowest BCUT2D eigenvalue weighted by atomic mass is 10.2. The molecule has 0 bridgehead atoms. The van der Waals surface area contributed by atoms with Crippen LogP contribution in [0.5, 0.6) is 0 Å². The van der Waals surface area contributed by atoms with Gasteiger partial charge in [-0.25, -0.2) is 4.79 Å². The molecule has 0 radical (unpaired) electrons. The highest BCUT2D eigenvalue weighted by Gasteiger charge is 2.39. The topological polar surface area (TPSA) is 61.8 Å². The quantitative estimate of drug-likeness (QED) is 0.847. The second-order valence-corrected chi connectivity index (χ2v) is 4.70. The monoisotopic (exact) mass is 320 g/mol. The van der Waals surface area contributed by atoms with Crippen molar-refractivity contribution in [3.05, 3.63) is 29.8 Å². The number of hydrogen-bond donors (Lipinski definition) is 2. The van der Waals surface area contributed by atoms with Crippen LogP contribution in [0.15, 0.2) is 24.3 Å². The Labute approximate surface area is 126 Å². The SMILES string of the molecule is CCOCc1ccc(NC(=O)N(C)CC(O)C(F)(F)F)cc1. The molecule has 1 rings (SSSR count). The molecule has 1 atom stereocenters. The number of anilines is 1. The van der Waals surface area contributed by atoms with E-state index < -0.39 is 24.9 Å². The molecule has 22 heavy (non-hydrogen) atoms. The molecule has 1 aromatic carbocycles. The molecule has 0 aromatic heterocycles. The number of nitrogens with one attached hydrogen (secondary N) is 1. The van der Waals surface area contributed by atoms with Crippen molar-refractivity contribution in [2.45, 2.75) is 25.8 Å². The Kier molecular flexibility index (Phi) is 6.63. The van der Waals surface area contributed by atoms with Gasteiger partial charge in [0.05, 0.1) is 13.2 Å². The molecule has 0 fully saturated rings. The number of carbonyl (C=O) groups excluding carboxylic acids is 1. The third-order valence-electron chi connectivity index (χ3n) is 2.85. The Morgan fingerprint density at radius 2 is 1.95 bits per heavy atom. The summed E-state index contributed by atoms with van der Waals surface area (Å²) in [6.45, 7) is 2.07. The number of hydrogen-bond acceptors (Lipinski definition) is 3. The van der Waals surface area contributed by atoms with Crippen molar-refractivity contribution in [3.8, 4) is 0 Å². The van der Waals surface area contributed by atoms with Crippen LogP contribution >= 0.6 is 0 Å². The van der Waals surface area contributed by atoms with Gasteiger partial charge in [-0.15, -0.1) is 0 Å². The molecule has 124 valence electrons. The van der Waals surface area contributed by atoms with Crippen molar-refractivity contribution >= 4 is 11.7 Å². The minimum absolute atomic E-state index is 0.443. The molecule has 8 heteroatoms. The third-order valence-corrected chi connectivity index (χ3v) is 2.85. The van der Waals surface area contributed by atoms with Gasteiger partial charge in [0.1, 0.15) is 0 Å². The highest BCUT2D eigenvalue weighted by Crippen LogP contribution is 2.20. The van der Waals surface area contributed by atoms with Crippen molar-refractivity contribution < 1.29 is 27.8 Å². The Bertz CT molecular complexity index is 477. The van der Waals surface area contributed by atoms with Crippen LogP contribution in [0.4, 0.5) is 23.7 Å². The highest BCUT2D eigenvalue weighted by molar-refractivity contribution is 5.89. The minimum atomic E-state index is -4.75. The van der Waals surface area contributed by atoms with Crippen molar-refractivity contribution in [3.63, 3.8) is 0 Å². The van der Waals surface area contributed by atoms with E-state index in [4.69, 9.17) is 9.84 Å². The van der Waals surface area contributed by atoms with Gasteiger partial charge >= 0.3 is 12.2 Å². The molecule has 0 saturated carbocycles. The predicted molar refractivity (Wildman–Crippen MR) is 75.5 cm³/mol. The fourth-order valence-electron chi connectivity index (χ4n) is 1.57. The number of alkyl halides is 3. The number of rotatable bonds is 6. The van der Waals surface area contributed by atoms with Crippen molar-refractivity contribution in [1.29, 1.82) is 0 Å². The van der Waals surface area contributed by atoms with Gasteiger partial charge in [0, 0.05) is 19.3 Å². The summed E-state index contributed by atoms with van der Waals surface area (Å²) in [4.78, 5) is 12.5. The van der Waals surface area contributed by atoms with Crippen LogP contribution in [-0.4, -0.2) is 48.5 Å². The van der Waals surface area contributed by atoms with Crippen molar-refractivity contribution in [2.75, 3.05) is 25.5 Å². The summed E-state index contributed by atoms with van der Waals surface area (Å²) in [5.74, 6) is 0. The molecule has 0 saturated heterocycles. The highest BCUT2D eigenvalue weighted by atomic mass is 19.4. The lowest BCUT2D eigenvalue weighted by Gasteiger charge is -2.22. The van der Waals surface area contributed by atoms with Gasteiger partial charge in [-0.1, -0.05) is 12.1 Å². The zero-order valence-electron chi connectivity index (χ0n) is 12.4. The van der Waals surface area contributed by atoms with Gasteiger partial charge in [0.25, 0.3) is 0 Å². The Hall–Kier alpha value is -1.80. The smallest absolute Gasteiger partial charge is 0.382 e. The predicted octanol–water partition coefficient (Wildman–Crippen LogP) is 2.61. The molecule has 0 aliphatic carbocycles. The number of nitrogens with zero attached hydrogens (tertiary/aromatic N) is 1.